The molecule has 1 aromatic rings. The van der Waals surface area contributed by atoms with E-state index in [0.717, 1.165) is 44.1 Å². The van der Waals surface area contributed by atoms with Crippen molar-refractivity contribution in [3.05, 3.63) is 36.8 Å². The van der Waals surface area contributed by atoms with Gasteiger partial charge < -0.3 is 14.6 Å². The molecule has 1 aliphatic carbocycles. The van der Waals surface area contributed by atoms with Gasteiger partial charge in [-0.1, -0.05) is 18.9 Å². The lowest BCUT2D eigenvalue weighted by atomic mass is 10.2. The Morgan fingerprint density at radius 1 is 1.50 bits per heavy atom. The van der Waals surface area contributed by atoms with Crippen molar-refractivity contribution in [2.24, 2.45) is 4.99 Å². The lowest BCUT2D eigenvalue weighted by Crippen LogP contribution is -2.44. The molecule has 0 atom stereocenters. The largest absolute Gasteiger partial charge is 0.469 e. The van der Waals surface area contributed by atoms with Crippen LogP contribution in [0.4, 0.5) is 0 Å². The number of aliphatic imine (C=N–C) groups is 1. The van der Waals surface area contributed by atoms with Crippen molar-refractivity contribution in [2.75, 3.05) is 20.1 Å². The molecule has 0 aromatic carbocycles. The van der Waals surface area contributed by atoms with Crippen molar-refractivity contribution in [3.8, 4) is 0 Å². The number of unbranched alkanes of at least 4 members (excludes halogenated alkanes) is 1. The molecule has 2 rings (SSSR count). The molecular weight excluding hydrogens is 274 g/mol. The lowest BCUT2D eigenvalue weighted by Gasteiger charge is -2.25. The quantitative estimate of drug-likeness (QED) is 0.345. The van der Waals surface area contributed by atoms with Gasteiger partial charge in [-0.2, -0.15) is 0 Å². The topological polar surface area (TPSA) is 40.8 Å². The molecule has 0 radical (unpaired) electrons. The van der Waals surface area contributed by atoms with Gasteiger partial charge in [0.05, 0.1) is 6.26 Å². The molecule has 1 aliphatic rings. The second-order valence-corrected chi connectivity index (χ2v) is 6.01. The smallest absolute Gasteiger partial charge is 0.193 e. The van der Waals surface area contributed by atoms with E-state index in [1.165, 1.54) is 25.7 Å². The van der Waals surface area contributed by atoms with Gasteiger partial charge in [0.25, 0.3) is 0 Å². The first-order valence-electron chi connectivity index (χ1n) is 8.45. The number of rotatable bonds is 8. The second kappa shape index (κ2) is 9.34. The number of furan rings is 1. The van der Waals surface area contributed by atoms with E-state index in [1.807, 2.05) is 18.2 Å². The minimum Gasteiger partial charge on any atom is -0.469 e. The molecule has 1 fully saturated rings. The van der Waals surface area contributed by atoms with Crippen LogP contribution in [0, 0.1) is 0 Å². The molecule has 1 heterocycles. The zero-order chi connectivity index (χ0) is 15.6. The first kappa shape index (κ1) is 16.7. The van der Waals surface area contributed by atoms with Crippen LogP contribution >= 0.6 is 0 Å². The highest BCUT2D eigenvalue weighted by Gasteiger charge is 2.17. The average Bonchev–Trinajstić information content (AvgIpc) is 3.19. The Kier molecular flexibility index (Phi) is 7.07. The van der Waals surface area contributed by atoms with Crippen LogP contribution in [0.2, 0.25) is 0 Å². The van der Waals surface area contributed by atoms with Crippen LogP contribution in [0.25, 0.3) is 0 Å². The molecule has 0 amide bonds. The maximum Gasteiger partial charge on any atom is 0.193 e. The van der Waals surface area contributed by atoms with E-state index < -0.39 is 0 Å². The zero-order valence-electron chi connectivity index (χ0n) is 13.8. The summed E-state index contributed by atoms with van der Waals surface area (Å²) in [6.45, 7) is 5.55. The van der Waals surface area contributed by atoms with Crippen LogP contribution in [-0.2, 0) is 6.42 Å². The minimum atomic E-state index is 0.587. The number of guanidine groups is 1. The predicted octanol–water partition coefficient (Wildman–Crippen LogP) is 3.61. The molecule has 1 N–H and O–H groups in total. The Bertz CT molecular complexity index is 447. The van der Waals surface area contributed by atoms with E-state index in [1.54, 1.807) is 6.26 Å². The molecule has 4 nitrogen and oxygen atoms in total. The van der Waals surface area contributed by atoms with Crippen molar-refractivity contribution in [2.45, 2.75) is 51.0 Å². The third-order valence-electron chi connectivity index (χ3n) is 4.15. The van der Waals surface area contributed by atoms with Crippen LogP contribution in [0.5, 0.6) is 0 Å². The van der Waals surface area contributed by atoms with Crippen LogP contribution in [0.1, 0.15) is 44.3 Å². The summed E-state index contributed by atoms with van der Waals surface area (Å²) < 4.78 is 5.37. The molecule has 4 heteroatoms. The highest BCUT2D eigenvalue weighted by Crippen LogP contribution is 2.17. The minimum absolute atomic E-state index is 0.587. The fourth-order valence-electron chi connectivity index (χ4n) is 2.83. The first-order chi connectivity index (χ1) is 10.8. The van der Waals surface area contributed by atoms with E-state index in [-0.39, 0.29) is 0 Å². The fourth-order valence-corrected chi connectivity index (χ4v) is 2.83. The molecule has 0 spiro atoms. The Morgan fingerprint density at radius 3 is 3.00 bits per heavy atom. The maximum atomic E-state index is 5.37. The van der Waals surface area contributed by atoms with Gasteiger partial charge in [-0.05, 0) is 37.8 Å². The summed E-state index contributed by atoms with van der Waals surface area (Å²) in [5.74, 6) is 2.03. The number of hydrogen-bond acceptors (Lipinski definition) is 2. The molecule has 22 heavy (non-hydrogen) atoms. The normalized spacial score (nSPS) is 16.0. The van der Waals surface area contributed by atoms with Crippen LogP contribution in [0.3, 0.4) is 0 Å². The molecule has 0 saturated heterocycles. The van der Waals surface area contributed by atoms with Gasteiger partial charge in [-0.25, -0.2) is 0 Å². The molecule has 1 saturated carbocycles. The number of nitrogens with zero attached hydrogens (tertiary/aromatic N) is 2. The van der Waals surface area contributed by atoms with Crippen molar-refractivity contribution < 1.29 is 4.42 Å². The molecular formula is C18H29N3O. The van der Waals surface area contributed by atoms with Crippen molar-refractivity contribution in [1.82, 2.24) is 10.2 Å². The second-order valence-electron chi connectivity index (χ2n) is 6.01. The van der Waals surface area contributed by atoms with Crippen molar-refractivity contribution in [1.29, 1.82) is 0 Å². The van der Waals surface area contributed by atoms with Gasteiger partial charge in [-0.15, -0.1) is 6.58 Å². The van der Waals surface area contributed by atoms with Gasteiger partial charge >= 0.3 is 0 Å². The Morgan fingerprint density at radius 2 is 2.32 bits per heavy atom. The van der Waals surface area contributed by atoms with E-state index >= 15 is 0 Å². The molecule has 1 aromatic heterocycles. The van der Waals surface area contributed by atoms with Crippen LogP contribution in [0.15, 0.2) is 40.5 Å². The summed E-state index contributed by atoms with van der Waals surface area (Å²) in [6, 6.07) is 4.52. The van der Waals surface area contributed by atoms with Crippen LogP contribution < -0.4 is 5.32 Å². The SMILES string of the molecule is C=CCCCN(C)C(=NCCc1ccco1)NC1CCCC1. The first-order valence-corrected chi connectivity index (χ1v) is 8.45. The van der Waals surface area contributed by atoms with Crippen molar-refractivity contribution in [3.63, 3.8) is 0 Å². The van der Waals surface area contributed by atoms with Gasteiger partial charge in [0, 0.05) is 32.6 Å². The van der Waals surface area contributed by atoms with E-state index in [9.17, 15) is 0 Å². The van der Waals surface area contributed by atoms with Gasteiger partial charge in [0.1, 0.15) is 5.76 Å². The zero-order valence-corrected chi connectivity index (χ0v) is 13.8. The summed E-state index contributed by atoms with van der Waals surface area (Å²) in [6.07, 6.45) is 11.9. The predicted molar refractivity (Wildman–Crippen MR) is 92.2 cm³/mol. The highest BCUT2D eigenvalue weighted by molar-refractivity contribution is 5.80. The Hall–Kier alpha value is -1.71. The molecule has 0 aliphatic heterocycles. The van der Waals surface area contributed by atoms with E-state index in [2.05, 4.69) is 23.8 Å². The highest BCUT2D eigenvalue weighted by atomic mass is 16.3. The number of allylic oxidation sites excluding steroid dienone is 1. The summed E-state index contributed by atoms with van der Waals surface area (Å²) in [4.78, 5) is 7.03. The summed E-state index contributed by atoms with van der Waals surface area (Å²) in [7, 11) is 2.12. The third-order valence-corrected chi connectivity index (χ3v) is 4.15. The van der Waals surface area contributed by atoms with Crippen molar-refractivity contribution >= 4 is 5.96 Å². The lowest BCUT2D eigenvalue weighted by molar-refractivity contribution is 0.451. The van der Waals surface area contributed by atoms with E-state index in [0.29, 0.717) is 6.04 Å². The monoisotopic (exact) mass is 303 g/mol. The number of hydrogen-bond donors (Lipinski definition) is 1. The summed E-state index contributed by atoms with van der Waals surface area (Å²) in [5.41, 5.74) is 0. The Labute approximate surface area is 134 Å². The molecule has 0 unspecified atom stereocenters. The average molecular weight is 303 g/mol. The Balaban J connectivity index is 1.88. The van der Waals surface area contributed by atoms with Gasteiger partial charge in [0.15, 0.2) is 5.96 Å². The standard InChI is InChI=1S/C18H29N3O/c1-3-4-7-14-21(2)18(20-16-9-5-6-10-16)19-13-12-17-11-8-15-22-17/h3,8,11,15-16H,1,4-7,9-10,12-14H2,2H3,(H,19,20). The van der Waals surface area contributed by atoms with E-state index in [4.69, 9.17) is 9.41 Å². The van der Waals surface area contributed by atoms with Crippen LogP contribution in [-0.4, -0.2) is 37.0 Å². The molecule has 122 valence electrons. The summed E-state index contributed by atoms with van der Waals surface area (Å²) in [5, 5.41) is 3.64. The van der Waals surface area contributed by atoms with Gasteiger partial charge in [-0.3, -0.25) is 4.99 Å². The maximum absolute atomic E-state index is 5.37. The third kappa shape index (κ3) is 5.58. The van der Waals surface area contributed by atoms with Gasteiger partial charge in [0.2, 0.25) is 0 Å². The summed E-state index contributed by atoms with van der Waals surface area (Å²) >= 11 is 0. The number of nitrogens with one attached hydrogen (secondary N) is 1. The molecule has 0 bridgehead atoms. The fraction of sp³-hybridized carbons (Fsp3) is 0.611.